The second kappa shape index (κ2) is 6.88. The molecule has 0 radical (unpaired) electrons. The number of carbonyl (C=O) groups is 1. The number of carbonyl (C=O) groups excluding carboxylic acids is 1. The second-order valence-corrected chi connectivity index (χ2v) is 7.59. The van der Waals surface area contributed by atoms with Crippen LogP contribution in [0, 0.1) is 0 Å². The van der Waals surface area contributed by atoms with Crippen LogP contribution in [-0.4, -0.2) is 67.3 Å². The Morgan fingerprint density at radius 2 is 1.79 bits per heavy atom. The molecule has 2 saturated heterocycles. The first-order valence-electron chi connectivity index (χ1n) is 9.63. The topological polar surface area (TPSA) is 68.2 Å². The van der Waals surface area contributed by atoms with Gasteiger partial charge in [-0.2, -0.15) is 0 Å². The SMILES string of the molecule is CO[C@H]1CN(C(=O)OCC2c3ccccc3-c3ccccc32)[C@@H]2C(O)CO[C@H]12. The molecule has 0 aromatic heterocycles. The normalized spacial score (nSPS) is 28.1. The van der Waals surface area contributed by atoms with Gasteiger partial charge in [0.1, 0.15) is 24.9 Å². The molecule has 2 fully saturated rings. The number of fused-ring (bicyclic) bond motifs is 4. The highest BCUT2D eigenvalue weighted by molar-refractivity contribution is 5.79. The Labute approximate surface area is 163 Å². The molecule has 0 spiro atoms. The van der Waals surface area contributed by atoms with Crippen LogP contribution in [0.4, 0.5) is 4.79 Å². The number of nitrogens with zero attached hydrogens (tertiary/aromatic N) is 1. The van der Waals surface area contributed by atoms with Crippen molar-refractivity contribution in [3.05, 3.63) is 59.7 Å². The van der Waals surface area contributed by atoms with Gasteiger partial charge in [0.2, 0.25) is 0 Å². The minimum atomic E-state index is -0.717. The molecular formula is C22H23NO5. The van der Waals surface area contributed by atoms with Crippen molar-refractivity contribution in [2.75, 3.05) is 26.9 Å². The standard InChI is InChI=1S/C22H23NO5/c1-26-19-10-23(20-18(24)12-27-21(19)20)22(25)28-11-17-15-8-4-2-6-13(15)14-7-3-5-9-16(14)17/h2-9,17-21,24H,10-12H2,1H3/t18?,19-,20+,21+/m0/s1. The Morgan fingerprint density at radius 3 is 2.43 bits per heavy atom. The maximum absolute atomic E-state index is 12.9. The molecule has 6 heteroatoms. The smallest absolute Gasteiger partial charge is 0.410 e. The van der Waals surface area contributed by atoms with E-state index in [1.54, 1.807) is 12.0 Å². The Bertz CT molecular complexity index is 855. The van der Waals surface area contributed by atoms with Crippen LogP contribution in [0.15, 0.2) is 48.5 Å². The molecule has 2 aromatic rings. The number of benzene rings is 2. The van der Waals surface area contributed by atoms with E-state index in [-0.39, 0.29) is 31.3 Å². The van der Waals surface area contributed by atoms with Crippen LogP contribution < -0.4 is 0 Å². The summed E-state index contributed by atoms with van der Waals surface area (Å²) in [6, 6.07) is 16.1. The minimum Gasteiger partial charge on any atom is -0.448 e. The third kappa shape index (κ3) is 2.64. The van der Waals surface area contributed by atoms with Gasteiger partial charge in [0.15, 0.2) is 0 Å². The van der Waals surface area contributed by atoms with Crippen LogP contribution >= 0.6 is 0 Å². The average Bonchev–Trinajstić information content (AvgIpc) is 3.38. The van der Waals surface area contributed by atoms with E-state index in [0.717, 1.165) is 0 Å². The van der Waals surface area contributed by atoms with Crippen molar-refractivity contribution >= 4 is 6.09 Å². The van der Waals surface area contributed by atoms with Gasteiger partial charge in [0.25, 0.3) is 0 Å². The molecule has 2 aromatic carbocycles. The zero-order valence-corrected chi connectivity index (χ0v) is 15.7. The zero-order valence-electron chi connectivity index (χ0n) is 15.7. The first-order chi connectivity index (χ1) is 13.7. The molecule has 2 aliphatic heterocycles. The average molecular weight is 381 g/mol. The Balaban J connectivity index is 1.35. The lowest BCUT2D eigenvalue weighted by molar-refractivity contribution is -0.0108. The molecule has 5 rings (SSSR count). The van der Waals surface area contributed by atoms with Gasteiger partial charge < -0.3 is 19.3 Å². The van der Waals surface area contributed by atoms with Crippen LogP contribution in [0.25, 0.3) is 11.1 Å². The van der Waals surface area contributed by atoms with E-state index in [0.29, 0.717) is 6.54 Å². The maximum Gasteiger partial charge on any atom is 0.410 e. The summed E-state index contributed by atoms with van der Waals surface area (Å²) < 4.78 is 16.8. The number of ether oxygens (including phenoxy) is 3. The summed E-state index contributed by atoms with van der Waals surface area (Å²) >= 11 is 0. The largest absolute Gasteiger partial charge is 0.448 e. The Kier molecular flexibility index (Phi) is 4.34. The lowest BCUT2D eigenvalue weighted by atomic mass is 9.98. The second-order valence-electron chi connectivity index (χ2n) is 7.59. The highest BCUT2D eigenvalue weighted by Gasteiger charge is 2.53. The van der Waals surface area contributed by atoms with Gasteiger partial charge in [0, 0.05) is 13.0 Å². The van der Waals surface area contributed by atoms with Crippen LogP contribution in [0.1, 0.15) is 17.0 Å². The van der Waals surface area contributed by atoms with Gasteiger partial charge in [-0.3, -0.25) is 4.90 Å². The predicted octanol–water partition coefficient (Wildman–Crippen LogP) is 2.39. The summed E-state index contributed by atoms with van der Waals surface area (Å²) in [7, 11) is 1.59. The van der Waals surface area contributed by atoms with E-state index >= 15 is 0 Å². The molecule has 3 aliphatic rings. The van der Waals surface area contributed by atoms with E-state index in [2.05, 4.69) is 24.3 Å². The molecular weight excluding hydrogens is 358 g/mol. The molecule has 6 nitrogen and oxygen atoms in total. The molecule has 4 atom stereocenters. The van der Waals surface area contributed by atoms with E-state index in [1.165, 1.54) is 22.3 Å². The van der Waals surface area contributed by atoms with Crippen molar-refractivity contribution in [2.45, 2.75) is 30.3 Å². The molecule has 1 N–H and O–H groups in total. The molecule has 1 unspecified atom stereocenters. The summed E-state index contributed by atoms with van der Waals surface area (Å²) in [5.41, 5.74) is 4.74. The lowest BCUT2D eigenvalue weighted by Gasteiger charge is -2.25. The molecule has 28 heavy (non-hydrogen) atoms. The number of methoxy groups -OCH3 is 1. The molecule has 1 aliphatic carbocycles. The summed E-state index contributed by atoms with van der Waals surface area (Å²) in [5, 5.41) is 10.2. The third-order valence-corrected chi connectivity index (χ3v) is 6.17. The van der Waals surface area contributed by atoms with Crippen LogP contribution in [0.2, 0.25) is 0 Å². The number of likely N-dealkylation sites (tertiary alicyclic amines) is 1. The number of aliphatic hydroxyl groups is 1. The van der Waals surface area contributed by atoms with Gasteiger partial charge in [-0.1, -0.05) is 48.5 Å². The first-order valence-corrected chi connectivity index (χ1v) is 9.63. The first kappa shape index (κ1) is 17.7. The van der Waals surface area contributed by atoms with Crippen molar-refractivity contribution in [2.24, 2.45) is 0 Å². The molecule has 2 heterocycles. The minimum absolute atomic E-state index is 0.0118. The van der Waals surface area contributed by atoms with Crippen molar-refractivity contribution in [3.63, 3.8) is 0 Å². The van der Waals surface area contributed by atoms with Gasteiger partial charge >= 0.3 is 6.09 Å². The van der Waals surface area contributed by atoms with Crippen molar-refractivity contribution in [1.82, 2.24) is 4.90 Å². The fourth-order valence-corrected chi connectivity index (χ4v) is 4.84. The number of amides is 1. The van der Waals surface area contributed by atoms with Crippen molar-refractivity contribution in [3.8, 4) is 11.1 Å². The van der Waals surface area contributed by atoms with Crippen molar-refractivity contribution in [1.29, 1.82) is 0 Å². The van der Waals surface area contributed by atoms with Crippen LogP contribution in [0.3, 0.4) is 0 Å². The Morgan fingerprint density at radius 1 is 1.14 bits per heavy atom. The number of hydrogen-bond donors (Lipinski definition) is 1. The van der Waals surface area contributed by atoms with E-state index in [1.807, 2.05) is 24.3 Å². The highest BCUT2D eigenvalue weighted by Crippen LogP contribution is 2.44. The van der Waals surface area contributed by atoms with Gasteiger partial charge in [0.05, 0.1) is 19.2 Å². The fraction of sp³-hybridized carbons (Fsp3) is 0.409. The Hall–Kier alpha value is -2.41. The lowest BCUT2D eigenvalue weighted by Crippen LogP contribution is -2.44. The predicted molar refractivity (Wildman–Crippen MR) is 102 cm³/mol. The maximum atomic E-state index is 12.9. The third-order valence-electron chi connectivity index (χ3n) is 6.17. The number of rotatable bonds is 3. The molecule has 0 saturated carbocycles. The van der Waals surface area contributed by atoms with E-state index in [4.69, 9.17) is 14.2 Å². The van der Waals surface area contributed by atoms with E-state index < -0.39 is 18.2 Å². The van der Waals surface area contributed by atoms with Crippen LogP contribution in [-0.2, 0) is 14.2 Å². The number of hydrogen-bond acceptors (Lipinski definition) is 5. The van der Waals surface area contributed by atoms with Gasteiger partial charge in [-0.05, 0) is 22.3 Å². The zero-order chi connectivity index (χ0) is 19.3. The highest BCUT2D eigenvalue weighted by atomic mass is 16.6. The van der Waals surface area contributed by atoms with Gasteiger partial charge in [-0.15, -0.1) is 0 Å². The van der Waals surface area contributed by atoms with E-state index in [9.17, 15) is 9.90 Å². The summed E-state index contributed by atoms with van der Waals surface area (Å²) in [5.74, 6) is 0.0118. The number of aliphatic hydroxyl groups excluding tert-OH is 1. The summed E-state index contributed by atoms with van der Waals surface area (Å²) in [4.78, 5) is 14.4. The monoisotopic (exact) mass is 381 g/mol. The molecule has 1 amide bonds. The quantitative estimate of drug-likeness (QED) is 0.884. The van der Waals surface area contributed by atoms with Gasteiger partial charge in [-0.25, -0.2) is 4.79 Å². The fourth-order valence-electron chi connectivity index (χ4n) is 4.84. The van der Waals surface area contributed by atoms with Crippen LogP contribution in [0.5, 0.6) is 0 Å². The van der Waals surface area contributed by atoms with Crippen molar-refractivity contribution < 1.29 is 24.1 Å². The molecule has 0 bridgehead atoms. The molecule has 146 valence electrons. The summed E-state index contributed by atoms with van der Waals surface area (Å²) in [6.07, 6.45) is -1.70. The summed E-state index contributed by atoms with van der Waals surface area (Å²) in [6.45, 7) is 0.831.